The zero-order valence-electron chi connectivity index (χ0n) is 12.3. The van der Waals surface area contributed by atoms with E-state index in [0.29, 0.717) is 6.54 Å². The van der Waals surface area contributed by atoms with Crippen molar-refractivity contribution in [2.75, 3.05) is 20.1 Å². The maximum absolute atomic E-state index is 12.8. The second-order valence-corrected chi connectivity index (χ2v) is 6.66. The van der Waals surface area contributed by atoms with Crippen molar-refractivity contribution >= 4 is 21.8 Å². The zero-order valence-corrected chi connectivity index (χ0v) is 13.9. The van der Waals surface area contributed by atoms with Gasteiger partial charge in [0.05, 0.1) is 5.41 Å². The Hall–Kier alpha value is -0.870. The Balaban J connectivity index is 2.07. The number of nitrogens with one attached hydrogen (secondary N) is 1. The second kappa shape index (κ2) is 6.72. The van der Waals surface area contributed by atoms with Gasteiger partial charge in [-0.2, -0.15) is 0 Å². The molecule has 0 aromatic heterocycles. The van der Waals surface area contributed by atoms with Crippen molar-refractivity contribution in [3.63, 3.8) is 0 Å². The standard InChI is InChI=1S/C16H23BrN2O/c1-3-7-16(8-9-18-12-16)15(20)19(2)11-13-5-4-6-14(17)10-13/h4-6,10,18H,3,7-9,11-12H2,1-2H3. The summed E-state index contributed by atoms with van der Waals surface area (Å²) < 4.78 is 1.06. The number of hydrogen-bond acceptors (Lipinski definition) is 2. The van der Waals surface area contributed by atoms with Gasteiger partial charge in [-0.05, 0) is 37.1 Å². The molecular formula is C16H23BrN2O. The molecular weight excluding hydrogens is 316 g/mol. The number of rotatable bonds is 5. The molecule has 4 heteroatoms. The van der Waals surface area contributed by atoms with Crippen LogP contribution >= 0.6 is 15.9 Å². The number of carbonyl (C=O) groups excluding carboxylic acids is 1. The summed E-state index contributed by atoms with van der Waals surface area (Å²) in [5.74, 6) is 0.282. The SMILES string of the molecule is CCCC1(C(=O)N(C)Cc2cccc(Br)c2)CCNC1. The van der Waals surface area contributed by atoms with Gasteiger partial charge in [0.1, 0.15) is 0 Å². The minimum absolute atomic E-state index is 0.185. The molecule has 0 bridgehead atoms. The van der Waals surface area contributed by atoms with E-state index in [1.54, 1.807) is 0 Å². The predicted octanol–water partition coefficient (Wildman–Crippen LogP) is 3.19. The van der Waals surface area contributed by atoms with Crippen LogP contribution in [0.3, 0.4) is 0 Å². The molecule has 1 saturated heterocycles. The molecule has 0 radical (unpaired) electrons. The maximum atomic E-state index is 12.8. The number of carbonyl (C=O) groups is 1. The first kappa shape index (κ1) is 15.5. The summed E-state index contributed by atoms with van der Waals surface area (Å²) >= 11 is 3.48. The van der Waals surface area contributed by atoms with Gasteiger partial charge in [-0.1, -0.05) is 41.4 Å². The summed E-state index contributed by atoms with van der Waals surface area (Å²) in [6.45, 7) is 4.60. The third-order valence-corrected chi connectivity index (χ3v) is 4.57. The lowest BCUT2D eigenvalue weighted by molar-refractivity contribution is -0.140. The van der Waals surface area contributed by atoms with E-state index < -0.39 is 0 Å². The second-order valence-electron chi connectivity index (χ2n) is 5.75. The van der Waals surface area contributed by atoms with Gasteiger partial charge in [-0.25, -0.2) is 0 Å². The average Bonchev–Trinajstić information content (AvgIpc) is 2.88. The molecule has 1 heterocycles. The molecule has 110 valence electrons. The first-order valence-electron chi connectivity index (χ1n) is 7.28. The molecule has 1 N–H and O–H groups in total. The van der Waals surface area contributed by atoms with Crippen molar-refractivity contribution in [2.24, 2.45) is 5.41 Å². The van der Waals surface area contributed by atoms with Crippen LogP contribution in [0.2, 0.25) is 0 Å². The lowest BCUT2D eigenvalue weighted by Gasteiger charge is -2.31. The van der Waals surface area contributed by atoms with Crippen molar-refractivity contribution in [1.29, 1.82) is 0 Å². The molecule has 20 heavy (non-hydrogen) atoms. The Morgan fingerprint density at radius 2 is 2.30 bits per heavy atom. The third-order valence-electron chi connectivity index (χ3n) is 4.08. The van der Waals surface area contributed by atoms with Crippen LogP contribution in [0.1, 0.15) is 31.7 Å². The minimum Gasteiger partial charge on any atom is -0.341 e. The molecule has 0 spiro atoms. The first-order valence-corrected chi connectivity index (χ1v) is 8.07. The van der Waals surface area contributed by atoms with E-state index in [1.807, 2.05) is 24.1 Å². The number of benzene rings is 1. The molecule has 1 aliphatic rings. The van der Waals surface area contributed by atoms with Crippen LogP contribution in [0.5, 0.6) is 0 Å². The average molecular weight is 339 g/mol. The van der Waals surface area contributed by atoms with Gasteiger partial charge < -0.3 is 10.2 Å². The van der Waals surface area contributed by atoms with E-state index in [-0.39, 0.29) is 11.3 Å². The molecule has 1 amide bonds. The molecule has 0 aliphatic carbocycles. The summed E-state index contributed by atoms with van der Waals surface area (Å²) in [5, 5.41) is 3.35. The maximum Gasteiger partial charge on any atom is 0.230 e. The highest BCUT2D eigenvalue weighted by Crippen LogP contribution is 2.33. The summed E-state index contributed by atoms with van der Waals surface area (Å²) in [5.41, 5.74) is 0.975. The molecule has 1 unspecified atom stereocenters. The Labute approximate surface area is 129 Å². The minimum atomic E-state index is -0.185. The predicted molar refractivity (Wildman–Crippen MR) is 85.4 cm³/mol. The monoisotopic (exact) mass is 338 g/mol. The third kappa shape index (κ3) is 3.41. The lowest BCUT2D eigenvalue weighted by Crippen LogP contribution is -2.43. The highest BCUT2D eigenvalue weighted by atomic mass is 79.9. The first-order chi connectivity index (χ1) is 9.57. The molecule has 1 aromatic carbocycles. The summed E-state index contributed by atoms with van der Waals surface area (Å²) in [6.07, 6.45) is 2.99. The van der Waals surface area contributed by atoms with Crippen molar-refractivity contribution in [3.05, 3.63) is 34.3 Å². The molecule has 3 nitrogen and oxygen atoms in total. The van der Waals surface area contributed by atoms with Crippen LogP contribution in [0.15, 0.2) is 28.7 Å². The van der Waals surface area contributed by atoms with Crippen molar-refractivity contribution < 1.29 is 4.79 Å². The molecule has 0 saturated carbocycles. The van der Waals surface area contributed by atoms with Crippen LogP contribution in [-0.4, -0.2) is 30.9 Å². The van der Waals surface area contributed by atoms with E-state index in [0.717, 1.165) is 42.4 Å². The molecule has 2 rings (SSSR count). The summed E-state index contributed by atoms with van der Waals surface area (Å²) in [7, 11) is 1.92. The fraction of sp³-hybridized carbons (Fsp3) is 0.562. The summed E-state index contributed by atoms with van der Waals surface area (Å²) in [4.78, 5) is 14.7. The van der Waals surface area contributed by atoms with Crippen LogP contribution in [-0.2, 0) is 11.3 Å². The zero-order chi connectivity index (χ0) is 14.6. The van der Waals surface area contributed by atoms with Crippen LogP contribution < -0.4 is 5.32 Å². The fourth-order valence-electron chi connectivity index (χ4n) is 3.11. The van der Waals surface area contributed by atoms with Crippen molar-refractivity contribution in [1.82, 2.24) is 10.2 Å². The lowest BCUT2D eigenvalue weighted by atomic mass is 9.81. The number of amides is 1. The molecule has 1 aromatic rings. The molecule has 1 fully saturated rings. The Kier molecular flexibility index (Phi) is 5.22. The van der Waals surface area contributed by atoms with E-state index in [4.69, 9.17) is 0 Å². The smallest absolute Gasteiger partial charge is 0.230 e. The summed E-state index contributed by atoms with van der Waals surface area (Å²) in [6, 6.07) is 8.15. The van der Waals surface area contributed by atoms with Gasteiger partial charge in [0.25, 0.3) is 0 Å². The highest BCUT2D eigenvalue weighted by molar-refractivity contribution is 9.10. The van der Waals surface area contributed by atoms with E-state index in [9.17, 15) is 4.79 Å². The molecule has 1 aliphatic heterocycles. The number of nitrogens with zero attached hydrogens (tertiary/aromatic N) is 1. The van der Waals surface area contributed by atoms with Gasteiger partial charge in [0.15, 0.2) is 0 Å². The van der Waals surface area contributed by atoms with Gasteiger partial charge >= 0.3 is 0 Å². The van der Waals surface area contributed by atoms with Gasteiger partial charge in [-0.3, -0.25) is 4.79 Å². The van der Waals surface area contributed by atoms with Crippen LogP contribution in [0.4, 0.5) is 0 Å². The largest absolute Gasteiger partial charge is 0.341 e. The van der Waals surface area contributed by atoms with Crippen molar-refractivity contribution in [2.45, 2.75) is 32.7 Å². The number of hydrogen-bond donors (Lipinski definition) is 1. The van der Waals surface area contributed by atoms with Crippen LogP contribution in [0, 0.1) is 5.41 Å². The van der Waals surface area contributed by atoms with Gasteiger partial charge in [0.2, 0.25) is 5.91 Å². The van der Waals surface area contributed by atoms with Crippen molar-refractivity contribution in [3.8, 4) is 0 Å². The Bertz CT molecular complexity index is 469. The van der Waals surface area contributed by atoms with E-state index >= 15 is 0 Å². The van der Waals surface area contributed by atoms with Gasteiger partial charge in [0, 0.05) is 24.6 Å². The Morgan fingerprint density at radius 1 is 1.50 bits per heavy atom. The van der Waals surface area contributed by atoms with E-state index in [2.05, 4.69) is 40.3 Å². The number of halogens is 1. The Morgan fingerprint density at radius 3 is 2.90 bits per heavy atom. The van der Waals surface area contributed by atoms with E-state index in [1.165, 1.54) is 0 Å². The fourth-order valence-corrected chi connectivity index (χ4v) is 3.56. The normalized spacial score (nSPS) is 21.9. The topological polar surface area (TPSA) is 32.3 Å². The van der Waals surface area contributed by atoms with Gasteiger partial charge in [-0.15, -0.1) is 0 Å². The molecule has 1 atom stereocenters. The highest BCUT2D eigenvalue weighted by Gasteiger charge is 2.41. The quantitative estimate of drug-likeness (QED) is 0.894. The van der Waals surface area contributed by atoms with Crippen LogP contribution in [0.25, 0.3) is 0 Å².